The highest BCUT2D eigenvalue weighted by Gasteiger charge is 2.40. The third kappa shape index (κ3) is 4.12. The van der Waals surface area contributed by atoms with Crippen LogP contribution in [0.4, 0.5) is 4.39 Å². The van der Waals surface area contributed by atoms with Gasteiger partial charge in [-0.1, -0.05) is 37.3 Å². The second-order valence-corrected chi connectivity index (χ2v) is 7.58. The molecule has 1 aliphatic rings. The number of carbonyl (C=O) groups excluding carboxylic acids is 1. The molecule has 8 heteroatoms. The van der Waals surface area contributed by atoms with E-state index in [4.69, 9.17) is 16.6 Å². The van der Waals surface area contributed by atoms with Crippen molar-refractivity contribution in [1.29, 1.82) is 0 Å². The molecule has 1 amide bonds. The fourth-order valence-corrected chi connectivity index (χ4v) is 4.05. The lowest BCUT2D eigenvalue weighted by Gasteiger charge is -2.22. The molecule has 1 atom stereocenters. The van der Waals surface area contributed by atoms with E-state index in [-0.39, 0.29) is 10.1 Å². The Hall–Kier alpha value is -2.45. The topological polar surface area (TPSA) is 70.8 Å². The fraction of sp³-hybridized carbons (Fsp3) is 0.211. The van der Waals surface area contributed by atoms with Crippen LogP contribution >= 0.6 is 24.0 Å². The first-order chi connectivity index (χ1) is 12.9. The van der Waals surface area contributed by atoms with E-state index in [2.05, 4.69) is 0 Å². The molecule has 0 aliphatic carbocycles. The number of aliphatic carboxylic acids is 1. The van der Waals surface area contributed by atoms with Crippen LogP contribution in [0.1, 0.15) is 25.5 Å². The van der Waals surface area contributed by atoms with Crippen molar-refractivity contribution in [2.45, 2.75) is 25.8 Å². The van der Waals surface area contributed by atoms with Crippen LogP contribution in [0.25, 0.3) is 17.4 Å². The second-order valence-electron chi connectivity index (χ2n) is 5.90. The largest absolute Gasteiger partial charge is 0.480 e. The van der Waals surface area contributed by atoms with E-state index in [0.29, 0.717) is 34.8 Å². The highest BCUT2D eigenvalue weighted by atomic mass is 32.2. The standard InChI is InChI=1S/C19H16FNO4S2/c1-2-3-14(18(23)24)21-17(22)16(27-19(21)26)10-13-8-9-15(25-13)11-4-6-12(20)7-5-11/h4-10,14H,2-3H2,1H3,(H,23,24)/b16-10-. The number of furan rings is 1. The van der Waals surface area contributed by atoms with Crippen LogP contribution < -0.4 is 0 Å². The number of carboxylic acids is 1. The minimum absolute atomic E-state index is 0.220. The number of carboxylic acid groups (broad SMARTS) is 1. The SMILES string of the molecule is CCCC(C(=O)O)N1C(=O)/C(=C/c2ccc(-c3ccc(F)cc3)o2)SC1=S. The summed E-state index contributed by atoms with van der Waals surface area (Å²) >= 11 is 6.26. The van der Waals surface area contributed by atoms with Gasteiger partial charge in [0.05, 0.1) is 4.91 Å². The Labute approximate surface area is 164 Å². The number of halogens is 1. The van der Waals surface area contributed by atoms with Crippen molar-refractivity contribution >= 4 is 46.3 Å². The van der Waals surface area contributed by atoms with Gasteiger partial charge in [-0.25, -0.2) is 9.18 Å². The van der Waals surface area contributed by atoms with E-state index in [1.807, 2.05) is 6.92 Å². The molecule has 27 heavy (non-hydrogen) atoms. The summed E-state index contributed by atoms with van der Waals surface area (Å²) in [4.78, 5) is 25.6. The fourth-order valence-electron chi connectivity index (χ4n) is 2.71. The molecular formula is C19H16FNO4S2. The Morgan fingerprint density at radius 1 is 1.33 bits per heavy atom. The predicted molar refractivity (Wildman–Crippen MR) is 105 cm³/mol. The number of nitrogens with zero attached hydrogens (tertiary/aromatic N) is 1. The quantitative estimate of drug-likeness (QED) is 0.562. The third-order valence-corrected chi connectivity index (χ3v) is 5.34. The van der Waals surface area contributed by atoms with Crippen molar-refractivity contribution in [1.82, 2.24) is 4.90 Å². The smallest absolute Gasteiger partial charge is 0.326 e. The molecule has 1 fully saturated rings. The molecule has 3 rings (SSSR count). The molecule has 5 nitrogen and oxygen atoms in total. The highest BCUT2D eigenvalue weighted by molar-refractivity contribution is 8.26. The van der Waals surface area contributed by atoms with Crippen molar-refractivity contribution in [3.63, 3.8) is 0 Å². The maximum atomic E-state index is 13.0. The van der Waals surface area contributed by atoms with Gasteiger partial charge in [0, 0.05) is 11.6 Å². The maximum absolute atomic E-state index is 13.0. The minimum Gasteiger partial charge on any atom is -0.480 e. The number of benzene rings is 1. The molecule has 1 aliphatic heterocycles. The van der Waals surface area contributed by atoms with E-state index in [1.54, 1.807) is 24.3 Å². The van der Waals surface area contributed by atoms with Crippen LogP contribution in [0.5, 0.6) is 0 Å². The lowest BCUT2D eigenvalue weighted by Crippen LogP contribution is -2.43. The number of amides is 1. The van der Waals surface area contributed by atoms with Crippen molar-refractivity contribution in [3.8, 4) is 11.3 Å². The van der Waals surface area contributed by atoms with Gasteiger partial charge in [0.1, 0.15) is 27.7 Å². The molecule has 0 spiro atoms. The van der Waals surface area contributed by atoms with E-state index < -0.39 is 17.9 Å². The first-order valence-corrected chi connectivity index (χ1v) is 9.49. The maximum Gasteiger partial charge on any atom is 0.326 e. The zero-order valence-corrected chi connectivity index (χ0v) is 16.0. The second kappa shape index (κ2) is 8.06. The Bertz CT molecular complexity index is 920. The number of hydrogen-bond donors (Lipinski definition) is 1. The summed E-state index contributed by atoms with van der Waals surface area (Å²) in [6.45, 7) is 1.85. The van der Waals surface area contributed by atoms with E-state index >= 15 is 0 Å². The van der Waals surface area contributed by atoms with Gasteiger partial charge in [0.2, 0.25) is 0 Å². The average Bonchev–Trinajstić information content (AvgIpc) is 3.19. The lowest BCUT2D eigenvalue weighted by molar-refractivity contribution is -0.145. The first-order valence-electron chi connectivity index (χ1n) is 8.26. The van der Waals surface area contributed by atoms with Crippen LogP contribution in [-0.4, -0.2) is 32.2 Å². The van der Waals surface area contributed by atoms with Gasteiger partial charge in [-0.15, -0.1) is 0 Å². The summed E-state index contributed by atoms with van der Waals surface area (Å²) in [6.07, 6.45) is 2.48. The van der Waals surface area contributed by atoms with Crippen molar-refractivity contribution in [2.24, 2.45) is 0 Å². The zero-order valence-electron chi connectivity index (χ0n) is 14.3. The third-order valence-electron chi connectivity index (χ3n) is 4.01. The number of thiocarbonyl (C=S) groups is 1. The molecular weight excluding hydrogens is 389 g/mol. The first kappa shape index (κ1) is 19.3. The number of hydrogen-bond acceptors (Lipinski definition) is 5. The molecule has 1 N–H and O–H groups in total. The number of rotatable bonds is 6. The molecule has 0 bridgehead atoms. The summed E-state index contributed by atoms with van der Waals surface area (Å²) in [5.74, 6) is -0.894. The van der Waals surface area contributed by atoms with Gasteiger partial charge in [-0.2, -0.15) is 0 Å². The lowest BCUT2D eigenvalue weighted by atomic mass is 10.1. The highest BCUT2D eigenvalue weighted by Crippen LogP contribution is 2.35. The van der Waals surface area contributed by atoms with Gasteiger partial charge in [-0.3, -0.25) is 9.69 Å². The zero-order chi connectivity index (χ0) is 19.6. The predicted octanol–water partition coefficient (Wildman–Crippen LogP) is 4.54. The molecule has 140 valence electrons. The molecule has 1 aromatic carbocycles. The van der Waals surface area contributed by atoms with Gasteiger partial charge < -0.3 is 9.52 Å². The van der Waals surface area contributed by atoms with Crippen molar-refractivity contribution < 1.29 is 23.5 Å². The van der Waals surface area contributed by atoms with Gasteiger partial charge >= 0.3 is 5.97 Å². The van der Waals surface area contributed by atoms with Crippen molar-refractivity contribution in [3.05, 3.63) is 52.9 Å². The monoisotopic (exact) mass is 405 g/mol. The Morgan fingerprint density at radius 2 is 2.04 bits per heavy atom. The molecule has 1 aromatic heterocycles. The summed E-state index contributed by atoms with van der Waals surface area (Å²) in [5.41, 5.74) is 0.706. The van der Waals surface area contributed by atoms with E-state index in [9.17, 15) is 19.1 Å². The molecule has 2 heterocycles. The van der Waals surface area contributed by atoms with Crippen LogP contribution in [0.3, 0.4) is 0 Å². The van der Waals surface area contributed by atoms with Gasteiger partial charge in [0.15, 0.2) is 0 Å². The van der Waals surface area contributed by atoms with Gasteiger partial charge in [0.25, 0.3) is 5.91 Å². The summed E-state index contributed by atoms with van der Waals surface area (Å²) in [5, 5.41) is 9.40. The summed E-state index contributed by atoms with van der Waals surface area (Å²) in [6, 6.07) is 8.30. The van der Waals surface area contributed by atoms with Crippen LogP contribution in [-0.2, 0) is 9.59 Å². The Kier molecular flexibility index (Phi) is 5.76. The average molecular weight is 405 g/mol. The minimum atomic E-state index is -1.08. The molecule has 1 saturated heterocycles. The van der Waals surface area contributed by atoms with Crippen LogP contribution in [0, 0.1) is 5.82 Å². The molecule has 0 radical (unpaired) electrons. The summed E-state index contributed by atoms with van der Waals surface area (Å²) in [7, 11) is 0. The molecule has 0 saturated carbocycles. The molecule has 1 unspecified atom stereocenters. The van der Waals surface area contributed by atoms with Gasteiger partial charge in [-0.05, 0) is 42.8 Å². The normalized spacial score (nSPS) is 17.0. The van der Waals surface area contributed by atoms with E-state index in [1.165, 1.54) is 18.2 Å². The van der Waals surface area contributed by atoms with Crippen LogP contribution in [0.15, 0.2) is 45.7 Å². The summed E-state index contributed by atoms with van der Waals surface area (Å²) < 4.78 is 19.0. The Balaban J connectivity index is 1.84. The number of thioether (sulfide) groups is 1. The van der Waals surface area contributed by atoms with Crippen molar-refractivity contribution in [2.75, 3.05) is 0 Å². The number of carbonyl (C=O) groups is 2. The Morgan fingerprint density at radius 3 is 2.67 bits per heavy atom. The molecule has 2 aromatic rings. The van der Waals surface area contributed by atoms with Crippen LogP contribution in [0.2, 0.25) is 0 Å². The van der Waals surface area contributed by atoms with E-state index in [0.717, 1.165) is 16.7 Å².